The van der Waals surface area contributed by atoms with Crippen molar-refractivity contribution in [3.63, 3.8) is 0 Å². The highest BCUT2D eigenvalue weighted by atomic mass is 35.5. The lowest BCUT2D eigenvalue weighted by molar-refractivity contribution is 0.373. The molecular weight excluding hydrogens is 258 g/mol. The van der Waals surface area contributed by atoms with Gasteiger partial charge in [0.2, 0.25) is 0 Å². The van der Waals surface area contributed by atoms with Crippen molar-refractivity contribution >= 4 is 11.6 Å². The zero-order chi connectivity index (χ0) is 13.1. The number of H-pyrrole nitrogens is 1. The van der Waals surface area contributed by atoms with Gasteiger partial charge in [-0.2, -0.15) is 5.10 Å². The van der Waals surface area contributed by atoms with Crippen molar-refractivity contribution < 1.29 is 0 Å². The van der Waals surface area contributed by atoms with Crippen LogP contribution < -0.4 is 5.32 Å². The molecule has 1 fully saturated rings. The fraction of sp³-hybridized carbons (Fsp3) is 0.400. The molecule has 19 heavy (non-hydrogen) atoms. The largest absolute Gasteiger partial charge is 0.316 e. The molecule has 1 unspecified atom stereocenters. The summed E-state index contributed by atoms with van der Waals surface area (Å²) in [5.74, 6) is 0.701. The fourth-order valence-electron chi connectivity index (χ4n) is 2.76. The summed E-state index contributed by atoms with van der Waals surface area (Å²) in [6.45, 7) is 2.26. The van der Waals surface area contributed by atoms with Crippen LogP contribution in [0.1, 0.15) is 18.5 Å². The van der Waals surface area contributed by atoms with Crippen LogP contribution in [0.4, 0.5) is 0 Å². The topological polar surface area (TPSA) is 40.7 Å². The monoisotopic (exact) mass is 275 g/mol. The summed E-state index contributed by atoms with van der Waals surface area (Å²) >= 11 is 6.07. The third-order valence-electron chi connectivity index (χ3n) is 3.75. The first-order valence-corrected chi connectivity index (χ1v) is 7.19. The van der Waals surface area contributed by atoms with Crippen LogP contribution in [0.5, 0.6) is 0 Å². The summed E-state index contributed by atoms with van der Waals surface area (Å²) in [5, 5.41) is 11.6. The number of aromatic amines is 1. The normalized spacial score (nSPS) is 19.5. The second-order valence-electron chi connectivity index (χ2n) is 5.19. The molecule has 0 aliphatic carbocycles. The van der Waals surface area contributed by atoms with Crippen LogP contribution in [0.25, 0.3) is 11.1 Å². The Kier molecular flexibility index (Phi) is 3.85. The minimum absolute atomic E-state index is 0.701. The number of nitrogens with zero attached hydrogens (tertiary/aromatic N) is 1. The Morgan fingerprint density at radius 3 is 3.11 bits per heavy atom. The Morgan fingerprint density at radius 1 is 1.37 bits per heavy atom. The summed E-state index contributed by atoms with van der Waals surface area (Å²) in [5.41, 5.74) is 3.53. The van der Waals surface area contributed by atoms with E-state index in [1.165, 1.54) is 24.1 Å². The molecule has 1 aromatic heterocycles. The second-order valence-corrected chi connectivity index (χ2v) is 5.63. The highest BCUT2D eigenvalue weighted by Gasteiger charge is 2.17. The quantitative estimate of drug-likeness (QED) is 0.903. The maximum atomic E-state index is 6.07. The molecule has 100 valence electrons. The van der Waals surface area contributed by atoms with Crippen molar-refractivity contribution in [2.75, 3.05) is 13.1 Å². The van der Waals surface area contributed by atoms with Gasteiger partial charge >= 0.3 is 0 Å². The van der Waals surface area contributed by atoms with Crippen LogP contribution in [0.3, 0.4) is 0 Å². The van der Waals surface area contributed by atoms with Gasteiger partial charge in [0.25, 0.3) is 0 Å². The highest BCUT2D eigenvalue weighted by molar-refractivity contribution is 6.30. The minimum Gasteiger partial charge on any atom is -0.316 e. The van der Waals surface area contributed by atoms with Crippen molar-refractivity contribution in [2.24, 2.45) is 5.92 Å². The van der Waals surface area contributed by atoms with Crippen LogP contribution in [-0.2, 0) is 6.42 Å². The van der Waals surface area contributed by atoms with E-state index in [-0.39, 0.29) is 0 Å². The maximum Gasteiger partial charge on any atom is 0.0568 e. The molecule has 1 saturated heterocycles. The molecule has 3 rings (SSSR count). The molecule has 0 spiro atoms. The first-order valence-electron chi connectivity index (χ1n) is 6.82. The molecule has 2 aromatic rings. The Hall–Kier alpha value is -1.32. The lowest BCUT2D eigenvalue weighted by atomic mass is 9.92. The Labute approximate surface area is 118 Å². The number of aromatic nitrogens is 2. The zero-order valence-electron chi connectivity index (χ0n) is 10.8. The van der Waals surface area contributed by atoms with E-state index < -0.39 is 0 Å². The van der Waals surface area contributed by atoms with Gasteiger partial charge in [-0.15, -0.1) is 0 Å². The summed E-state index contributed by atoms with van der Waals surface area (Å²) in [4.78, 5) is 0. The van der Waals surface area contributed by atoms with E-state index >= 15 is 0 Å². The van der Waals surface area contributed by atoms with Gasteiger partial charge in [0.15, 0.2) is 0 Å². The number of nitrogens with one attached hydrogen (secondary N) is 2. The van der Waals surface area contributed by atoms with E-state index in [1.807, 2.05) is 24.4 Å². The number of piperidine rings is 1. The lowest BCUT2D eigenvalue weighted by Gasteiger charge is -2.22. The van der Waals surface area contributed by atoms with Crippen molar-refractivity contribution in [1.82, 2.24) is 15.5 Å². The third kappa shape index (κ3) is 2.99. The van der Waals surface area contributed by atoms with Gasteiger partial charge in [0, 0.05) is 16.3 Å². The first kappa shape index (κ1) is 12.7. The van der Waals surface area contributed by atoms with Crippen molar-refractivity contribution in [3.8, 4) is 11.1 Å². The van der Waals surface area contributed by atoms with Crippen LogP contribution >= 0.6 is 11.6 Å². The molecule has 1 aliphatic heterocycles. The SMILES string of the molecule is Clc1cccc(-c2cn[nH]c2CC2CCCNC2)c1. The first-order chi connectivity index (χ1) is 9.33. The molecule has 1 aromatic carbocycles. The molecule has 3 nitrogen and oxygen atoms in total. The van der Waals surface area contributed by atoms with Crippen molar-refractivity contribution in [2.45, 2.75) is 19.3 Å². The zero-order valence-corrected chi connectivity index (χ0v) is 11.6. The second kappa shape index (κ2) is 5.76. The molecule has 4 heteroatoms. The summed E-state index contributed by atoms with van der Waals surface area (Å²) in [6, 6.07) is 7.96. The molecule has 2 N–H and O–H groups in total. The minimum atomic E-state index is 0.701. The number of hydrogen-bond acceptors (Lipinski definition) is 2. The maximum absolute atomic E-state index is 6.07. The van der Waals surface area contributed by atoms with Gasteiger partial charge in [0.1, 0.15) is 0 Å². The van der Waals surface area contributed by atoms with Gasteiger partial charge in [0.05, 0.1) is 6.20 Å². The van der Waals surface area contributed by atoms with Crippen LogP contribution in [-0.4, -0.2) is 23.3 Å². The molecule has 0 amide bonds. The molecule has 1 atom stereocenters. The molecular formula is C15H18ClN3. The number of hydrogen-bond donors (Lipinski definition) is 2. The van der Waals surface area contributed by atoms with Gasteiger partial charge < -0.3 is 5.32 Å². The van der Waals surface area contributed by atoms with E-state index in [2.05, 4.69) is 21.6 Å². The van der Waals surface area contributed by atoms with Crippen molar-refractivity contribution in [1.29, 1.82) is 0 Å². The smallest absolute Gasteiger partial charge is 0.0568 e. The van der Waals surface area contributed by atoms with E-state index in [1.54, 1.807) is 0 Å². The number of benzene rings is 1. The third-order valence-corrected chi connectivity index (χ3v) is 3.98. The number of rotatable bonds is 3. The van der Waals surface area contributed by atoms with E-state index in [0.29, 0.717) is 5.92 Å². The summed E-state index contributed by atoms with van der Waals surface area (Å²) < 4.78 is 0. The number of halogens is 1. The van der Waals surface area contributed by atoms with Crippen LogP contribution in [0, 0.1) is 5.92 Å². The fourth-order valence-corrected chi connectivity index (χ4v) is 2.95. The molecule has 2 heterocycles. The molecule has 0 bridgehead atoms. The lowest BCUT2D eigenvalue weighted by Crippen LogP contribution is -2.31. The molecule has 0 radical (unpaired) electrons. The standard InChI is InChI=1S/C15H18ClN3/c16-13-5-1-4-12(8-13)14-10-18-19-15(14)7-11-3-2-6-17-9-11/h1,4-5,8,10-11,17H,2-3,6-7,9H2,(H,18,19). The predicted molar refractivity (Wildman–Crippen MR) is 78.3 cm³/mol. The molecule has 0 saturated carbocycles. The average molecular weight is 276 g/mol. The Bertz CT molecular complexity index is 544. The highest BCUT2D eigenvalue weighted by Crippen LogP contribution is 2.27. The average Bonchev–Trinajstić information content (AvgIpc) is 2.88. The molecule has 1 aliphatic rings. The van der Waals surface area contributed by atoms with E-state index in [4.69, 9.17) is 11.6 Å². The van der Waals surface area contributed by atoms with Crippen LogP contribution in [0.2, 0.25) is 5.02 Å². The Balaban J connectivity index is 1.81. The van der Waals surface area contributed by atoms with Crippen LogP contribution in [0.15, 0.2) is 30.5 Å². The van der Waals surface area contributed by atoms with E-state index in [9.17, 15) is 0 Å². The van der Waals surface area contributed by atoms with Gasteiger partial charge in [-0.3, -0.25) is 5.10 Å². The van der Waals surface area contributed by atoms with Gasteiger partial charge in [-0.1, -0.05) is 23.7 Å². The summed E-state index contributed by atoms with van der Waals surface area (Å²) in [7, 11) is 0. The Morgan fingerprint density at radius 2 is 2.32 bits per heavy atom. The van der Waals surface area contributed by atoms with E-state index in [0.717, 1.165) is 30.1 Å². The van der Waals surface area contributed by atoms with Crippen molar-refractivity contribution in [3.05, 3.63) is 41.2 Å². The van der Waals surface area contributed by atoms with Gasteiger partial charge in [-0.25, -0.2) is 0 Å². The van der Waals surface area contributed by atoms with Gasteiger partial charge in [-0.05, 0) is 56.0 Å². The summed E-state index contributed by atoms with van der Waals surface area (Å²) in [6.07, 6.45) is 5.51. The predicted octanol–water partition coefficient (Wildman–Crippen LogP) is 3.27.